The molecule has 1 aliphatic rings. The maximum Gasteiger partial charge on any atom is 0.411 e. The second kappa shape index (κ2) is 16.5. The molecule has 1 fully saturated rings. The largest absolute Gasteiger partial charge is 0.497 e. The van der Waals surface area contributed by atoms with Gasteiger partial charge in [-0.1, -0.05) is 84.9 Å². The summed E-state index contributed by atoms with van der Waals surface area (Å²) in [5, 5.41) is 9.66. The minimum atomic E-state index is -0.421. The fraction of sp³-hybridized carbons (Fsp3) is 0.297. The van der Waals surface area contributed by atoms with Crippen LogP contribution in [0.25, 0.3) is 11.1 Å². The van der Waals surface area contributed by atoms with Gasteiger partial charge in [0.2, 0.25) is 0 Å². The van der Waals surface area contributed by atoms with Crippen LogP contribution in [0.3, 0.4) is 0 Å². The standard InChI is InChI=1S/C37H42N4O4/c1-44-32-17-13-29(14-18-32)26-39-25-28-11-15-31(16-12-28)36(42)27-38-21-24-41-22-19-33(20-23-41)45-37(43)40-35-10-6-5-9-34(35)30-7-3-2-4-8-30/h2-18,33,38-39H,19-27H2,1H3,(H,40,43). The number of hydrogen-bond donors (Lipinski definition) is 3. The summed E-state index contributed by atoms with van der Waals surface area (Å²) in [6.45, 7) is 5.06. The Labute approximate surface area is 265 Å². The topological polar surface area (TPSA) is 91.9 Å². The molecule has 3 N–H and O–H groups in total. The molecule has 1 heterocycles. The zero-order valence-corrected chi connectivity index (χ0v) is 25.8. The van der Waals surface area contributed by atoms with Crippen LogP contribution < -0.4 is 20.7 Å². The first-order valence-corrected chi connectivity index (χ1v) is 15.6. The quantitative estimate of drug-likeness (QED) is 0.117. The normalized spacial score (nSPS) is 13.7. The molecule has 0 atom stereocenters. The van der Waals surface area contributed by atoms with Crippen LogP contribution in [0.5, 0.6) is 5.75 Å². The Kier molecular flexibility index (Phi) is 11.7. The molecule has 1 amide bonds. The summed E-state index contributed by atoms with van der Waals surface area (Å²) in [7, 11) is 1.66. The maximum atomic E-state index is 12.7. The van der Waals surface area contributed by atoms with Gasteiger partial charge in [0.15, 0.2) is 5.78 Å². The number of ether oxygens (including phenoxy) is 2. The van der Waals surface area contributed by atoms with Crippen LogP contribution in [0, 0.1) is 0 Å². The van der Waals surface area contributed by atoms with E-state index in [0.717, 1.165) is 80.2 Å². The first kappa shape index (κ1) is 31.9. The molecule has 0 saturated carbocycles. The zero-order chi connectivity index (χ0) is 31.3. The number of benzene rings is 4. The molecule has 4 aromatic rings. The highest BCUT2D eigenvalue weighted by molar-refractivity contribution is 5.97. The average Bonchev–Trinajstić information content (AvgIpc) is 3.08. The van der Waals surface area contributed by atoms with Crippen LogP contribution in [0.2, 0.25) is 0 Å². The van der Waals surface area contributed by atoms with Crippen molar-refractivity contribution in [3.63, 3.8) is 0 Å². The second-order valence-electron chi connectivity index (χ2n) is 11.2. The summed E-state index contributed by atoms with van der Waals surface area (Å²) < 4.78 is 11.0. The molecule has 45 heavy (non-hydrogen) atoms. The van der Waals surface area contributed by atoms with Crippen LogP contribution in [-0.2, 0) is 17.8 Å². The Morgan fingerprint density at radius 1 is 0.778 bits per heavy atom. The lowest BCUT2D eigenvalue weighted by molar-refractivity contribution is 0.0593. The van der Waals surface area contributed by atoms with Crippen LogP contribution in [0.4, 0.5) is 10.5 Å². The van der Waals surface area contributed by atoms with Gasteiger partial charge >= 0.3 is 6.09 Å². The molecule has 4 aromatic carbocycles. The Bertz CT molecular complexity index is 1500. The Morgan fingerprint density at radius 2 is 1.42 bits per heavy atom. The summed E-state index contributed by atoms with van der Waals surface area (Å²) in [5.41, 5.74) is 5.77. The Hall–Kier alpha value is -4.50. The van der Waals surface area contributed by atoms with E-state index >= 15 is 0 Å². The highest BCUT2D eigenvalue weighted by atomic mass is 16.6. The lowest BCUT2D eigenvalue weighted by Gasteiger charge is -2.31. The van der Waals surface area contributed by atoms with E-state index in [2.05, 4.69) is 20.9 Å². The van der Waals surface area contributed by atoms with Gasteiger partial charge in [-0.2, -0.15) is 0 Å². The molecule has 234 valence electrons. The maximum absolute atomic E-state index is 12.7. The van der Waals surface area contributed by atoms with Gasteiger partial charge in [0.1, 0.15) is 11.9 Å². The number of rotatable bonds is 14. The van der Waals surface area contributed by atoms with Crippen LogP contribution in [0.1, 0.15) is 34.3 Å². The molecule has 1 aliphatic heterocycles. The molecule has 0 spiro atoms. The van der Waals surface area contributed by atoms with E-state index in [9.17, 15) is 9.59 Å². The predicted molar refractivity (Wildman–Crippen MR) is 179 cm³/mol. The van der Waals surface area contributed by atoms with Crippen molar-refractivity contribution in [1.82, 2.24) is 15.5 Å². The molecule has 8 nitrogen and oxygen atoms in total. The van der Waals surface area contributed by atoms with Crippen molar-refractivity contribution in [3.8, 4) is 16.9 Å². The van der Waals surface area contributed by atoms with E-state index in [1.807, 2.05) is 103 Å². The lowest BCUT2D eigenvalue weighted by Crippen LogP contribution is -2.42. The number of carbonyl (C=O) groups excluding carboxylic acids is 2. The number of para-hydroxylation sites is 1. The summed E-state index contributed by atoms with van der Waals surface area (Å²) in [4.78, 5) is 27.7. The van der Waals surface area contributed by atoms with Gasteiger partial charge in [-0.15, -0.1) is 0 Å². The molecule has 8 heteroatoms. The second-order valence-corrected chi connectivity index (χ2v) is 11.2. The van der Waals surface area contributed by atoms with Gasteiger partial charge in [0, 0.05) is 50.4 Å². The molecule has 0 aliphatic carbocycles. The van der Waals surface area contributed by atoms with Gasteiger partial charge < -0.3 is 25.0 Å². The van der Waals surface area contributed by atoms with E-state index in [-0.39, 0.29) is 11.9 Å². The summed E-state index contributed by atoms with van der Waals surface area (Å²) in [5.74, 6) is 0.934. The average molecular weight is 607 g/mol. The van der Waals surface area contributed by atoms with E-state index in [0.29, 0.717) is 12.1 Å². The summed E-state index contributed by atoms with van der Waals surface area (Å²) in [6, 6.07) is 33.5. The van der Waals surface area contributed by atoms with Crippen molar-refractivity contribution >= 4 is 17.6 Å². The number of likely N-dealkylation sites (tertiary alicyclic amines) is 1. The molecule has 0 unspecified atom stereocenters. The molecule has 0 bridgehead atoms. The third kappa shape index (κ3) is 9.74. The van der Waals surface area contributed by atoms with Crippen molar-refractivity contribution in [1.29, 1.82) is 0 Å². The molecule has 1 saturated heterocycles. The van der Waals surface area contributed by atoms with Crippen LogP contribution in [-0.4, -0.2) is 62.7 Å². The smallest absolute Gasteiger partial charge is 0.411 e. The number of Topliss-reactive ketones (excluding diaryl/α,β-unsaturated/α-hetero) is 1. The molecular weight excluding hydrogens is 564 g/mol. The van der Waals surface area contributed by atoms with Gasteiger partial charge in [-0.25, -0.2) is 4.79 Å². The van der Waals surface area contributed by atoms with E-state index in [4.69, 9.17) is 9.47 Å². The number of hydrogen-bond acceptors (Lipinski definition) is 7. The Balaban J connectivity index is 0.951. The van der Waals surface area contributed by atoms with Gasteiger partial charge in [0.05, 0.1) is 19.3 Å². The number of anilines is 1. The number of methoxy groups -OCH3 is 1. The van der Waals surface area contributed by atoms with Crippen molar-refractivity contribution in [2.24, 2.45) is 0 Å². The van der Waals surface area contributed by atoms with Crippen LogP contribution >= 0.6 is 0 Å². The zero-order valence-electron chi connectivity index (χ0n) is 25.8. The van der Waals surface area contributed by atoms with Crippen molar-refractivity contribution in [3.05, 3.63) is 120 Å². The highest BCUT2D eigenvalue weighted by Gasteiger charge is 2.22. The van der Waals surface area contributed by atoms with Crippen molar-refractivity contribution in [2.75, 3.05) is 45.2 Å². The fourth-order valence-corrected chi connectivity index (χ4v) is 5.45. The van der Waals surface area contributed by atoms with Crippen molar-refractivity contribution < 1.29 is 19.1 Å². The SMILES string of the molecule is COc1ccc(CNCc2ccc(C(=O)CNCCN3CCC(OC(=O)Nc4ccccc4-c4ccccc4)CC3)cc2)cc1. The minimum Gasteiger partial charge on any atom is -0.497 e. The number of piperidine rings is 1. The van der Waals surface area contributed by atoms with E-state index < -0.39 is 6.09 Å². The lowest BCUT2D eigenvalue weighted by atomic mass is 10.0. The van der Waals surface area contributed by atoms with Gasteiger partial charge in [0.25, 0.3) is 0 Å². The van der Waals surface area contributed by atoms with Gasteiger partial charge in [-0.05, 0) is 47.7 Å². The molecule has 5 rings (SSSR count). The number of nitrogens with one attached hydrogen (secondary N) is 3. The summed E-state index contributed by atoms with van der Waals surface area (Å²) >= 11 is 0. The highest BCUT2D eigenvalue weighted by Crippen LogP contribution is 2.28. The molecule has 0 radical (unpaired) electrons. The number of carbonyl (C=O) groups is 2. The third-order valence-corrected chi connectivity index (χ3v) is 8.04. The van der Waals surface area contributed by atoms with E-state index in [1.54, 1.807) is 7.11 Å². The summed E-state index contributed by atoms with van der Waals surface area (Å²) in [6.07, 6.45) is 1.04. The first-order chi connectivity index (χ1) is 22.1. The predicted octanol–water partition coefficient (Wildman–Crippen LogP) is 6.14. The number of amides is 1. The van der Waals surface area contributed by atoms with E-state index in [1.165, 1.54) is 5.56 Å². The monoisotopic (exact) mass is 606 g/mol. The molecular formula is C37H42N4O4. The number of nitrogens with zero attached hydrogens (tertiary/aromatic N) is 1. The third-order valence-electron chi connectivity index (χ3n) is 8.04. The minimum absolute atomic E-state index is 0.0831. The number of ketones is 1. The fourth-order valence-electron chi connectivity index (χ4n) is 5.45. The van der Waals surface area contributed by atoms with Gasteiger partial charge in [-0.3, -0.25) is 10.1 Å². The molecule has 0 aromatic heterocycles. The first-order valence-electron chi connectivity index (χ1n) is 15.6. The Morgan fingerprint density at radius 3 is 2.11 bits per heavy atom. The van der Waals surface area contributed by atoms with Crippen molar-refractivity contribution in [2.45, 2.75) is 32.0 Å². The van der Waals surface area contributed by atoms with Crippen LogP contribution in [0.15, 0.2) is 103 Å².